The van der Waals surface area contributed by atoms with Crippen molar-refractivity contribution in [3.05, 3.63) is 23.9 Å². The summed E-state index contributed by atoms with van der Waals surface area (Å²) >= 11 is 0. The Hall–Kier alpha value is -1.86. The number of piperazine rings is 1. The number of hydrogen-bond donors (Lipinski definition) is 2. The lowest BCUT2D eigenvalue weighted by Gasteiger charge is -2.34. The van der Waals surface area contributed by atoms with E-state index in [0.717, 1.165) is 50.5 Å². The molecule has 1 aliphatic rings. The van der Waals surface area contributed by atoms with Crippen molar-refractivity contribution in [1.82, 2.24) is 20.5 Å². The number of likely N-dealkylation sites (N-methyl/N-ethyl adjacent to an activating group) is 1. The molecule has 1 aliphatic heterocycles. The molecule has 0 spiro atoms. The van der Waals surface area contributed by atoms with Gasteiger partial charge in [-0.1, -0.05) is 13.0 Å². The van der Waals surface area contributed by atoms with Crippen LogP contribution in [0, 0.1) is 0 Å². The molecule has 0 aromatic carbocycles. The van der Waals surface area contributed by atoms with Crippen LogP contribution in [0.25, 0.3) is 0 Å². The van der Waals surface area contributed by atoms with Crippen LogP contribution in [0.1, 0.15) is 25.8 Å². The van der Waals surface area contributed by atoms with Crippen LogP contribution in [0.15, 0.2) is 18.3 Å². The van der Waals surface area contributed by atoms with E-state index >= 15 is 0 Å². The van der Waals surface area contributed by atoms with Gasteiger partial charge in [0.25, 0.3) is 0 Å². The Bertz CT molecular complexity index is 501. The van der Waals surface area contributed by atoms with Crippen LogP contribution in [0.2, 0.25) is 0 Å². The number of urea groups is 1. The highest BCUT2D eigenvalue weighted by Crippen LogP contribution is 2.13. The fourth-order valence-corrected chi connectivity index (χ4v) is 2.77. The summed E-state index contributed by atoms with van der Waals surface area (Å²) in [5.41, 5.74) is 1.00. The quantitative estimate of drug-likeness (QED) is 0.661. The number of nitrogens with zero attached hydrogens (tertiary/aromatic N) is 3. The number of aromatic nitrogens is 1. The molecule has 7 nitrogen and oxygen atoms in total. The van der Waals surface area contributed by atoms with Crippen LogP contribution in [0.4, 0.5) is 10.6 Å². The van der Waals surface area contributed by atoms with E-state index in [1.807, 2.05) is 25.3 Å². The minimum atomic E-state index is -0.156. The van der Waals surface area contributed by atoms with Crippen molar-refractivity contribution in [2.45, 2.75) is 26.8 Å². The maximum atomic E-state index is 11.7. The number of rotatable bonds is 9. The fourth-order valence-electron chi connectivity index (χ4n) is 2.77. The van der Waals surface area contributed by atoms with E-state index in [9.17, 15) is 4.79 Å². The normalized spacial score (nSPS) is 15.2. The van der Waals surface area contributed by atoms with E-state index < -0.39 is 0 Å². The second-order valence-corrected chi connectivity index (χ2v) is 6.11. The highest BCUT2D eigenvalue weighted by Gasteiger charge is 2.16. The van der Waals surface area contributed by atoms with Crippen molar-refractivity contribution in [2.24, 2.45) is 0 Å². The summed E-state index contributed by atoms with van der Waals surface area (Å²) in [6.07, 6.45) is 2.67. The van der Waals surface area contributed by atoms with Crippen LogP contribution in [0.3, 0.4) is 0 Å². The van der Waals surface area contributed by atoms with E-state index in [1.54, 1.807) is 0 Å². The molecule has 2 N–H and O–H groups in total. The highest BCUT2D eigenvalue weighted by molar-refractivity contribution is 5.73. The number of ether oxygens (including phenoxy) is 1. The first-order valence-corrected chi connectivity index (χ1v) is 9.24. The molecule has 1 aromatic rings. The lowest BCUT2D eigenvalue weighted by molar-refractivity contribution is 0.145. The predicted octanol–water partition coefficient (Wildman–Crippen LogP) is 1.45. The van der Waals surface area contributed by atoms with Gasteiger partial charge in [0.2, 0.25) is 0 Å². The third-order valence-electron chi connectivity index (χ3n) is 4.36. The number of anilines is 1. The van der Waals surface area contributed by atoms with Crippen LogP contribution in [0.5, 0.6) is 0 Å². The summed E-state index contributed by atoms with van der Waals surface area (Å²) in [7, 11) is 0. The Labute approximate surface area is 150 Å². The van der Waals surface area contributed by atoms with Crippen molar-refractivity contribution in [2.75, 3.05) is 57.4 Å². The topological polar surface area (TPSA) is 69.7 Å². The SMILES string of the molecule is CCOCCCNC(=O)NCc1ccc(N2CCN(CC)CC2)nc1. The average Bonchev–Trinajstić information content (AvgIpc) is 2.67. The zero-order valence-corrected chi connectivity index (χ0v) is 15.5. The molecule has 0 saturated carbocycles. The smallest absolute Gasteiger partial charge is 0.315 e. The van der Waals surface area contributed by atoms with Gasteiger partial charge in [-0.3, -0.25) is 0 Å². The van der Waals surface area contributed by atoms with Crippen LogP contribution >= 0.6 is 0 Å². The molecule has 2 heterocycles. The summed E-state index contributed by atoms with van der Waals surface area (Å²) in [5, 5.41) is 5.67. The van der Waals surface area contributed by atoms with Crippen molar-refractivity contribution in [3.8, 4) is 0 Å². The maximum Gasteiger partial charge on any atom is 0.315 e. The molecular weight excluding hydrogens is 318 g/mol. The van der Waals surface area contributed by atoms with E-state index in [0.29, 0.717) is 26.3 Å². The van der Waals surface area contributed by atoms with Gasteiger partial charge in [0.15, 0.2) is 0 Å². The fraction of sp³-hybridized carbons (Fsp3) is 0.667. The lowest BCUT2D eigenvalue weighted by Crippen LogP contribution is -2.46. The van der Waals surface area contributed by atoms with Gasteiger partial charge >= 0.3 is 6.03 Å². The van der Waals surface area contributed by atoms with Gasteiger partial charge in [0.1, 0.15) is 5.82 Å². The number of pyridine rings is 1. The zero-order chi connectivity index (χ0) is 17.9. The molecule has 25 heavy (non-hydrogen) atoms. The molecule has 0 unspecified atom stereocenters. The monoisotopic (exact) mass is 349 g/mol. The third kappa shape index (κ3) is 6.88. The Morgan fingerprint density at radius 1 is 1.20 bits per heavy atom. The lowest BCUT2D eigenvalue weighted by atomic mass is 10.2. The van der Waals surface area contributed by atoms with Gasteiger partial charge in [-0.2, -0.15) is 0 Å². The molecular formula is C18H31N5O2. The second-order valence-electron chi connectivity index (χ2n) is 6.11. The average molecular weight is 349 g/mol. The minimum absolute atomic E-state index is 0.156. The Kier molecular flexibility index (Phi) is 8.48. The molecule has 2 rings (SSSR count). The highest BCUT2D eigenvalue weighted by atomic mass is 16.5. The summed E-state index contributed by atoms with van der Waals surface area (Å²) < 4.78 is 5.23. The Morgan fingerprint density at radius 2 is 2.00 bits per heavy atom. The summed E-state index contributed by atoms with van der Waals surface area (Å²) in [6, 6.07) is 3.92. The molecule has 0 aliphatic carbocycles. The molecule has 1 fully saturated rings. The number of carbonyl (C=O) groups excluding carboxylic acids is 1. The number of amides is 2. The molecule has 1 aromatic heterocycles. The first kappa shape index (κ1) is 19.5. The molecule has 2 amide bonds. The standard InChI is InChI=1S/C18H31N5O2/c1-3-22-9-11-23(12-10-22)17-7-6-16(14-20-17)15-21-18(24)19-8-5-13-25-4-2/h6-7,14H,3-5,8-13,15H2,1-2H3,(H2,19,21,24). The van der Waals surface area contributed by atoms with E-state index in [1.165, 1.54) is 0 Å². The van der Waals surface area contributed by atoms with E-state index in [2.05, 4.69) is 32.3 Å². The van der Waals surface area contributed by atoms with Gasteiger partial charge in [-0.15, -0.1) is 0 Å². The van der Waals surface area contributed by atoms with Crippen molar-refractivity contribution >= 4 is 11.8 Å². The maximum absolute atomic E-state index is 11.7. The first-order valence-electron chi connectivity index (χ1n) is 9.24. The van der Waals surface area contributed by atoms with Crippen LogP contribution in [-0.2, 0) is 11.3 Å². The molecule has 7 heteroatoms. The van der Waals surface area contributed by atoms with E-state index in [-0.39, 0.29) is 6.03 Å². The van der Waals surface area contributed by atoms with Crippen LogP contribution in [-0.4, -0.2) is 68.4 Å². The van der Waals surface area contributed by atoms with Crippen molar-refractivity contribution in [3.63, 3.8) is 0 Å². The third-order valence-corrected chi connectivity index (χ3v) is 4.36. The molecule has 140 valence electrons. The van der Waals surface area contributed by atoms with Crippen molar-refractivity contribution < 1.29 is 9.53 Å². The number of carbonyl (C=O) groups is 1. The van der Waals surface area contributed by atoms with Gasteiger partial charge in [0, 0.05) is 58.7 Å². The van der Waals surface area contributed by atoms with Gasteiger partial charge < -0.3 is 25.2 Å². The van der Waals surface area contributed by atoms with Crippen LogP contribution < -0.4 is 15.5 Å². The summed E-state index contributed by atoms with van der Waals surface area (Å²) in [4.78, 5) is 21.0. The Balaban J connectivity index is 1.67. The molecule has 0 atom stereocenters. The largest absolute Gasteiger partial charge is 0.382 e. The minimum Gasteiger partial charge on any atom is -0.382 e. The second kappa shape index (κ2) is 10.9. The molecule has 0 radical (unpaired) electrons. The van der Waals surface area contributed by atoms with Gasteiger partial charge in [-0.05, 0) is 31.5 Å². The van der Waals surface area contributed by atoms with Gasteiger partial charge in [-0.25, -0.2) is 9.78 Å². The van der Waals surface area contributed by atoms with E-state index in [4.69, 9.17) is 4.74 Å². The Morgan fingerprint density at radius 3 is 2.64 bits per heavy atom. The molecule has 0 bridgehead atoms. The van der Waals surface area contributed by atoms with Gasteiger partial charge in [0.05, 0.1) is 0 Å². The first-order chi connectivity index (χ1) is 12.2. The van der Waals surface area contributed by atoms with Crippen molar-refractivity contribution in [1.29, 1.82) is 0 Å². The summed E-state index contributed by atoms with van der Waals surface area (Å²) in [5.74, 6) is 1.01. The molecule has 1 saturated heterocycles. The zero-order valence-electron chi connectivity index (χ0n) is 15.5. The summed E-state index contributed by atoms with van der Waals surface area (Å²) in [6.45, 7) is 12.0. The number of nitrogens with one attached hydrogen (secondary N) is 2. The predicted molar refractivity (Wildman–Crippen MR) is 99.9 cm³/mol. The number of hydrogen-bond acceptors (Lipinski definition) is 5.